The average Bonchev–Trinajstić information content (AvgIpc) is 2.75. The monoisotopic (exact) mass is 350 g/mol. The number of halogens is 2. The van der Waals surface area contributed by atoms with Gasteiger partial charge in [-0.05, 0) is 53.8 Å². The van der Waals surface area contributed by atoms with E-state index in [-0.39, 0.29) is 11.8 Å². The maximum atomic E-state index is 11.9. The first-order valence-electron chi connectivity index (χ1n) is 5.13. The lowest BCUT2D eigenvalue weighted by molar-refractivity contribution is -0.119. The quantitative estimate of drug-likeness (QED) is 0.805. The van der Waals surface area contributed by atoms with Crippen LogP contribution < -0.4 is 10.6 Å². The van der Waals surface area contributed by atoms with Gasteiger partial charge in [0.15, 0.2) is 0 Å². The van der Waals surface area contributed by atoms with Gasteiger partial charge < -0.3 is 10.6 Å². The van der Waals surface area contributed by atoms with Gasteiger partial charge in [0.25, 0.3) is 0 Å². The van der Waals surface area contributed by atoms with Gasteiger partial charge in [-0.15, -0.1) is 0 Å². The van der Waals surface area contributed by atoms with E-state index in [1.54, 1.807) is 6.07 Å². The third-order valence-electron chi connectivity index (χ3n) is 2.62. The highest BCUT2D eigenvalue weighted by molar-refractivity contribution is 14.1. The molecule has 0 bridgehead atoms. The third-order valence-corrected chi connectivity index (χ3v) is 3.75. The summed E-state index contributed by atoms with van der Waals surface area (Å²) in [7, 11) is 0. The first-order valence-corrected chi connectivity index (χ1v) is 6.59. The summed E-state index contributed by atoms with van der Waals surface area (Å²) < 4.78 is 0.962. The lowest BCUT2D eigenvalue weighted by Gasteiger charge is -2.11. The van der Waals surface area contributed by atoms with Gasteiger partial charge in [-0.2, -0.15) is 0 Å². The summed E-state index contributed by atoms with van der Waals surface area (Å²) in [4.78, 5) is 11.9. The number of hydrogen-bond donors (Lipinski definition) is 2. The Morgan fingerprint density at radius 3 is 3.00 bits per heavy atom. The van der Waals surface area contributed by atoms with Gasteiger partial charge >= 0.3 is 0 Å². The zero-order chi connectivity index (χ0) is 11.5. The van der Waals surface area contributed by atoms with E-state index in [0.717, 1.165) is 28.8 Å². The highest BCUT2D eigenvalue weighted by Gasteiger charge is 2.22. The van der Waals surface area contributed by atoms with Crippen LogP contribution in [0.15, 0.2) is 18.2 Å². The smallest absolute Gasteiger partial charge is 0.228 e. The Bertz CT molecular complexity index is 405. The van der Waals surface area contributed by atoms with Crippen LogP contribution in [0.5, 0.6) is 0 Å². The van der Waals surface area contributed by atoms with Crippen LogP contribution in [0.25, 0.3) is 0 Å². The van der Waals surface area contributed by atoms with Gasteiger partial charge in [-0.25, -0.2) is 0 Å². The molecule has 86 valence electrons. The average molecular weight is 351 g/mol. The molecular weight excluding hydrogens is 338 g/mol. The van der Waals surface area contributed by atoms with Crippen molar-refractivity contribution in [2.45, 2.75) is 6.42 Å². The summed E-state index contributed by atoms with van der Waals surface area (Å²) in [6, 6.07) is 5.46. The molecule has 1 amide bonds. The first kappa shape index (κ1) is 12.1. The van der Waals surface area contributed by atoms with E-state index in [2.05, 4.69) is 33.2 Å². The van der Waals surface area contributed by atoms with Crippen LogP contribution in [0.4, 0.5) is 5.69 Å². The van der Waals surface area contributed by atoms with E-state index in [0.29, 0.717) is 5.02 Å². The molecule has 1 aromatic rings. The lowest BCUT2D eigenvalue weighted by atomic mass is 10.1. The van der Waals surface area contributed by atoms with Crippen molar-refractivity contribution in [3.63, 3.8) is 0 Å². The number of nitrogens with one attached hydrogen (secondary N) is 2. The SMILES string of the molecule is O=C(Nc1ccc(Cl)cc1I)C1CCNC1. The predicted octanol–water partition coefficient (Wildman–Crippen LogP) is 2.49. The molecule has 0 aliphatic carbocycles. The lowest BCUT2D eigenvalue weighted by Crippen LogP contribution is -2.24. The fraction of sp³-hybridized carbons (Fsp3) is 0.364. The fourth-order valence-electron chi connectivity index (χ4n) is 1.70. The summed E-state index contributed by atoms with van der Waals surface area (Å²) in [6.45, 7) is 1.70. The highest BCUT2D eigenvalue weighted by atomic mass is 127. The summed E-state index contributed by atoms with van der Waals surface area (Å²) in [5, 5.41) is 6.80. The number of benzene rings is 1. The molecule has 3 nitrogen and oxygen atoms in total. The van der Waals surface area contributed by atoms with E-state index >= 15 is 0 Å². The van der Waals surface area contributed by atoms with E-state index in [4.69, 9.17) is 11.6 Å². The van der Waals surface area contributed by atoms with Crippen LogP contribution in [-0.4, -0.2) is 19.0 Å². The van der Waals surface area contributed by atoms with Gasteiger partial charge in [0.2, 0.25) is 5.91 Å². The molecule has 2 N–H and O–H groups in total. The minimum Gasteiger partial charge on any atom is -0.325 e. The molecular formula is C11H12ClIN2O. The molecule has 0 spiro atoms. The van der Waals surface area contributed by atoms with Gasteiger partial charge in [0, 0.05) is 15.1 Å². The second-order valence-corrected chi connectivity index (χ2v) is 5.40. The topological polar surface area (TPSA) is 41.1 Å². The van der Waals surface area contributed by atoms with Crippen LogP contribution >= 0.6 is 34.2 Å². The molecule has 1 unspecified atom stereocenters. The minimum atomic E-state index is 0.0882. The maximum absolute atomic E-state index is 11.9. The van der Waals surface area contributed by atoms with Gasteiger partial charge in [0.1, 0.15) is 0 Å². The van der Waals surface area contributed by atoms with Crippen LogP contribution in [0.1, 0.15) is 6.42 Å². The second kappa shape index (κ2) is 5.33. The molecule has 0 saturated carbocycles. The molecule has 1 saturated heterocycles. The standard InChI is InChI=1S/C11H12ClIN2O/c12-8-1-2-10(9(13)5-8)15-11(16)7-3-4-14-6-7/h1-2,5,7,14H,3-4,6H2,(H,15,16). The number of carbonyl (C=O) groups is 1. The predicted molar refractivity (Wildman–Crippen MR) is 73.8 cm³/mol. The van der Waals surface area contributed by atoms with Crippen LogP contribution in [0.3, 0.4) is 0 Å². The Morgan fingerprint density at radius 2 is 2.38 bits per heavy atom. The summed E-state index contributed by atoms with van der Waals surface area (Å²) >= 11 is 8.02. The summed E-state index contributed by atoms with van der Waals surface area (Å²) in [6.07, 6.45) is 0.913. The van der Waals surface area contributed by atoms with Crippen molar-refractivity contribution in [1.82, 2.24) is 5.32 Å². The molecule has 1 aliphatic heterocycles. The molecule has 1 atom stereocenters. The Balaban J connectivity index is 2.05. The summed E-state index contributed by atoms with van der Waals surface area (Å²) in [5.41, 5.74) is 0.835. The number of anilines is 1. The van der Waals surface area contributed by atoms with E-state index in [1.807, 2.05) is 12.1 Å². The first-order chi connectivity index (χ1) is 7.66. The number of rotatable bonds is 2. The Morgan fingerprint density at radius 1 is 1.56 bits per heavy atom. The van der Waals surface area contributed by atoms with E-state index < -0.39 is 0 Å². The van der Waals surface area contributed by atoms with Crippen molar-refractivity contribution >= 4 is 45.8 Å². The van der Waals surface area contributed by atoms with Crippen molar-refractivity contribution in [3.05, 3.63) is 26.8 Å². The van der Waals surface area contributed by atoms with Gasteiger partial charge in [-0.1, -0.05) is 11.6 Å². The molecule has 1 fully saturated rings. The Kier molecular flexibility index (Phi) is 4.05. The van der Waals surface area contributed by atoms with E-state index in [9.17, 15) is 4.79 Å². The zero-order valence-corrected chi connectivity index (χ0v) is 11.5. The maximum Gasteiger partial charge on any atom is 0.228 e. The molecule has 2 rings (SSSR count). The molecule has 1 aromatic carbocycles. The molecule has 5 heteroatoms. The molecule has 1 heterocycles. The van der Waals surface area contributed by atoms with Gasteiger partial charge in [-0.3, -0.25) is 4.79 Å². The minimum absolute atomic E-state index is 0.0882. The Labute approximate surface area is 113 Å². The highest BCUT2D eigenvalue weighted by Crippen LogP contribution is 2.23. The summed E-state index contributed by atoms with van der Waals surface area (Å²) in [5.74, 6) is 0.178. The van der Waals surface area contributed by atoms with E-state index in [1.165, 1.54) is 0 Å². The molecule has 0 aromatic heterocycles. The van der Waals surface area contributed by atoms with Crippen molar-refractivity contribution in [3.8, 4) is 0 Å². The number of amides is 1. The van der Waals surface area contributed by atoms with Crippen LogP contribution in [0, 0.1) is 9.49 Å². The Hall–Kier alpha value is -0.330. The molecule has 0 radical (unpaired) electrons. The largest absolute Gasteiger partial charge is 0.325 e. The van der Waals surface area contributed by atoms with Gasteiger partial charge in [0.05, 0.1) is 11.6 Å². The normalized spacial score (nSPS) is 19.8. The van der Waals surface area contributed by atoms with Crippen LogP contribution in [-0.2, 0) is 4.79 Å². The number of hydrogen-bond acceptors (Lipinski definition) is 2. The molecule has 1 aliphatic rings. The van der Waals surface area contributed by atoms with Crippen molar-refractivity contribution < 1.29 is 4.79 Å². The van der Waals surface area contributed by atoms with Crippen molar-refractivity contribution in [2.75, 3.05) is 18.4 Å². The van der Waals surface area contributed by atoms with Crippen molar-refractivity contribution in [2.24, 2.45) is 5.92 Å². The fourth-order valence-corrected chi connectivity index (χ4v) is 2.71. The van der Waals surface area contributed by atoms with Crippen LogP contribution in [0.2, 0.25) is 5.02 Å². The molecule has 16 heavy (non-hydrogen) atoms. The number of carbonyl (C=O) groups excluding carboxylic acids is 1. The third kappa shape index (κ3) is 2.87. The van der Waals surface area contributed by atoms with Crippen molar-refractivity contribution in [1.29, 1.82) is 0 Å². The zero-order valence-electron chi connectivity index (χ0n) is 8.59. The second-order valence-electron chi connectivity index (χ2n) is 3.80.